The SMILES string of the molecule is CCc1nc2nc(Br)[nH]n2c(=O)c1N1CCCC2C1CCN2C(=O)OC(C)(C)C. The Morgan fingerprint density at radius 3 is 2.69 bits per heavy atom. The van der Waals surface area contributed by atoms with E-state index in [0.29, 0.717) is 29.2 Å². The Labute approximate surface area is 177 Å². The van der Waals surface area contributed by atoms with Crippen molar-refractivity contribution in [2.45, 2.75) is 71.1 Å². The van der Waals surface area contributed by atoms with Crippen molar-refractivity contribution in [3.63, 3.8) is 0 Å². The first kappa shape index (κ1) is 20.2. The topological polar surface area (TPSA) is 95.8 Å². The zero-order valence-corrected chi connectivity index (χ0v) is 18.8. The molecule has 158 valence electrons. The van der Waals surface area contributed by atoms with Gasteiger partial charge in [0.1, 0.15) is 11.3 Å². The second kappa shape index (κ2) is 7.30. The second-order valence-corrected chi connectivity index (χ2v) is 9.40. The fraction of sp³-hybridized carbons (Fsp3) is 0.684. The molecule has 2 aliphatic rings. The fourth-order valence-corrected chi connectivity index (χ4v) is 4.81. The van der Waals surface area contributed by atoms with Crippen LogP contribution in [0.2, 0.25) is 0 Å². The number of hydrogen-bond acceptors (Lipinski definition) is 6. The van der Waals surface area contributed by atoms with E-state index in [2.05, 4.69) is 35.9 Å². The first-order chi connectivity index (χ1) is 13.7. The van der Waals surface area contributed by atoms with E-state index in [0.717, 1.165) is 31.5 Å². The number of carbonyl (C=O) groups excluding carboxylic acids is 1. The van der Waals surface area contributed by atoms with Crippen LogP contribution in [-0.2, 0) is 11.2 Å². The normalized spacial score (nSPS) is 22.2. The number of likely N-dealkylation sites (tertiary alicyclic amines) is 1. The van der Waals surface area contributed by atoms with Crippen LogP contribution < -0.4 is 10.5 Å². The van der Waals surface area contributed by atoms with Crippen LogP contribution in [0.25, 0.3) is 5.78 Å². The van der Waals surface area contributed by atoms with Crippen LogP contribution in [0.15, 0.2) is 9.53 Å². The lowest BCUT2D eigenvalue weighted by Crippen LogP contribution is -2.53. The molecule has 0 radical (unpaired) electrons. The van der Waals surface area contributed by atoms with E-state index in [-0.39, 0.29) is 23.7 Å². The van der Waals surface area contributed by atoms with Crippen molar-refractivity contribution in [2.24, 2.45) is 0 Å². The number of nitrogens with zero attached hydrogens (tertiary/aromatic N) is 5. The highest BCUT2D eigenvalue weighted by atomic mass is 79.9. The number of H-pyrrole nitrogens is 1. The number of hydrogen-bond donors (Lipinski definition) is 1. The number of amides is 1. The maximum Gasteiger partial charge on any atom is 0.410 e. The van der Waals surface area contributed by atoms with Gasteiger partial charge in [0, 0.05) is 13.1 Å². The van der Waals surface area contributed by atoms with Gasteiger partial charge in [0.25, 0.3) is 11.3 Å². The number of piperidine rings is 1. The highest BCUT2D eigenvalue weighted by Gasteiger charge is 2.44. The standard InChI is InChI=1S/C19H27BrN6O3/c1-5-11-14(15(27)26-17(21-11)22-16(20)23-26)24-9-6-7-12-13(24)8-10-25(12)18(28)29-19(2,3)4/h12-13H,5-10H2,1-4H3,(H,21,22,23). The molecule has 29 heavy (non-hydrogen) atoms. The predicted molar refractivity (Wildman–Crippen MR) is 112 cm³/mol. The third-order valence-corrected chi connectivity index (χ3v) is 5.93. The van der Waals surface area contributed by atoms with Crippen molar-refractivity contribution in [3.8, 4) is 0 Å². The number of anilines is 1. The smallest absolute Gasteiger partial charge is 0.410 e. The molecule has 2 fully saturated rings. The number of fused-ring (bicyclic) bond motifs is 2. The minimum atomic E-state index is -0.527. The summed E-state index contributed by atoms with van der Waals surface area (Å²) in [5.74, 6) is 0.359. The van der Waals surface area contributed by atoms with Crippen molar-refractivity contribution in [3.05, 3.63) is 20.8 Å². The van der Waals surface area contributed by atoms with Crippen LogP contribution in [0.1, 0.15) is 52.7 Å². The molecule has 0 spiro atoms. The van der Waals surface area contributed by atoms with Gasteiger partial charge in [-0.2, -0.15) is 9.50 Å². The molecule has 2 atom stereocenters. The summed E-state index contributed by atoms with van der Waals surface area (Å²) in [7, 11) is 0. The van der Waals surface area contributed by atoms with Crippen molar-refractivity contribution < 1.29 is 9.53 Å². The Bertz CT molecular complexity index is 994. The summed E-state index contributed by atoms with van der Waals surface area (Å²) >= 11 is 3.28. The van der Waals surface area contributed by atoms with Crippen molar-refractivity contribution in [1.29, 1.82) is 0 Å². The van der Waals surface area contributed by atoms with Crippen LogP contribution in [0.5, 0.6) is 0 Å². The summed E-state index contributed by atoms with van der Waals surface area (Å²) in [6.45, 7) is 9.03. The van der Waals surface area contributed by atoms with Gasteiger partial charge in [0.2, 0.25) is 0 Å². The predicted octanol–water partition coefficient (Wildman–Crippen LogP) is 2.72. The first-order valence-corrected chi connectivity index (χ1v) is 10.9. The van der Waals surface area contributed by atoms with Crippen molar-refractivity contribution in [1.82, 2.24) is 24.5 Å². The highest BCUT2D eigenvalue weighted by molar-refractivity contribution is 9.10. The lowest BCUT2D eigenvalue weighted by atomic mass is 9.96. The van der Waals surface area contributed by atoms with Gasteiger partial charge in [-0.1, -0.05) is 6.92 Å². The van der Waals surface area contributed by atoms with Gasteiger partial charge in [-0.3, -0.25) is 9.89 Å². The van der Waals surface area contributed by atoms with E-state index in [1.807, 2.05) is 32.6 Å². The molecule has 4 heterocycles. The molecule has 0 saturated carbocycles. The van der Waals surface area contributed by atoms with Gasteiger partial charge in [-0.25, -0.2) is 9.78 Å². The number of halogens is 1. The van der Waals surface area contributed by atoms with Gasteiger partial charge in [-0.15, -0.1) is 0 Å². The fourth-order valence-electron chi connectivity index (χ4n) is 4.47. The number of aryl methyl sites for hydroxylation is 1. The molecule has 0 aliphatic carbocycles. The molecule has 0 aromatic carbocycles. The number of rotatable bonds is 2. The first-order valence-electron chi connectivity index (χ1n) is 10.1. The summed E-state index contributed by atoms with van der Waals surface area (Å²) < 4.78 is 7.46. The van der Waals surface area contributed by atoms with Gasteiger partial charge in [0.15, 0.2) is 4.73 Å². The van der Waals surface area contributed by atoms with E-state index in [1.165, 1.54) is 4.52 Å². The Kier molecular flexibility index (Phi) is 5.08. The quantitative estimate of drug-likeness (QED) is 0.730. The number of aromatic amines is 1. The van der Waals surface area contributed by atoms with E-state index < -0.39 is 5.60 Å². The molecule has 2 aromatic heterocycles. The number of nitrogens with one attached hydrogen (secondary N) is 1. The average Bonchev–Trinajstić information content (AvgIpc) is 3.23. The van der Waals surface area contributed by atoms with Crippen molar-refractivity contribution in [2.75, 3.05) is 18.0 Å². The Hall–Kier alpha value is -2.10. The molecule has 2 saturated heterocycles. The maximum atomic E-state index is 13.3. The molecule has 1 amide bonds. The van der Waals surface area contributed by atoms with E-state index in [9.17, 15) is 9.59 Å². The van der Waals surface area contributed by atoms with Crippen LogP contribution in [-0.4, -0.2) is 61.3 Å². The molecule has 9 nitrogen and oxygen atoms in total. The van der Waals surface area contributed by atoms with Gasteiger partial charge >= 0.3 is 6.09 Å². The lowest BCUT2D eigenvalue weighted by molar-refractivity contribution is 0.0204. The summed E-state index contributed by atoms with van der Waals surface area (Å²) in [6.07, 6.45) is 2.98. The van der Waals surface area contributed by atoms with Crippen molar-refractivity contribution >= 4 is 33.5 Å². The summed E-state index contributed by atoms with van der Waals surface area (Å²) in [4.78, 5) is 38.9. The number of aromatic nitrogens is 4. The summed E-state index contributed by atoms with van der Waals surface area (Å²) in [6, 6.07) is 0.123. The molecule has 10 heteroatoms. The molecular weight excluding hydrogens is 440 g/mol. The van der Waals surface area contributed by atoms with Gasteiger partial charge in [0.05, 0.1) is 17.8 Å². The van der Waals surface area contributed by atoms with E-state index >= 15 is 0 Å². The largest absolute Gasteiger partial charge is 0.444 e. The van der Waals surface area contributed by atoms with E-state index in [4.69, 9.17) is 4.74 Å². The molecule has 4 rings (SSSR count). The van der Waals surface area contributed by atoms with Gasteiger partial charge in [-0.05, 0) is 62.4 Å². The van der Waals surface area contributed by atoms with Crippen LogP contribution in [0.3, 0.4) is 0 Å². The van der Waals surface area contributed by atoms with Gasteiger partial charge < -0.3 is 14.5 Å². The summed E-state index contributed by atoms with van der Waals surface area (Å²) in [5, 5.41) is 2.91. The molecular formula is C19H27BrN6O3. The van der Waals surface area contributed by atoms with E-state index in [1.54, 1.807) is 0 Å². The Morgan fingerprint density at radius 1 is 1.24 bits per heavy atom. The lowest BCUT2D eigenvalue weighted by Gasteiger charge is -2.41. The second-order valence-electron chi connectivity index (χ2n) is 8.65. The Morgan fingerprint density at radius 2 is 2.00 bits per heavy atom. The van der Waals surface area contributed by atoms with Crippen LogP contribution in [0, 0.1) is 0 Å². The maximum absolute atomic E-state index is 13.3. The monoisotopic (exact) mass is 466 g/mol. The average molecular weight is 467 g/mol. The third-order valence-electron chi connectivity index (χ3n) is 5.58. The molecule has 2 unspecified atom stereocenters. The van der Waals surface area contributed by atoms with Crippen LogP contribution >= 0.6 is 15.9 Å². The van der Waals surface area contributed by atoms with Crippen LogP contribution in [0.4, 0.5) is 10.5 Å². The molecule has 2 aliphatic heterocycles. The Balaban J connectivity index is 1.69. The minimum Gasteiger partial charge on any atom is -0.444 e. The highest BCUT2D eigenvalue weighted by Crippen LogP contribution is 2.35. The zero-order valence-electron chi connectivity index (χ0n) is 17.2. The number of carbonyl (C=O) groups is 1. The number of ether oxygens (including phenoxy) is 1. The molecule has 1 N–H and O–H groups in total. The minimum absolute atomic E-state index is 0.0388. The molecule has 2 aromatic rings. The summed E-state index contributed by atoms with van der Waals surface area (Å²) in [5.41, 5.74) is 0.675. The zero-order chi connectivity index (χ0) is 20.9. The molecule has 0 bridgehead atoms. The third kappa shape index (κ3) is 3.62.